The SMILES string of the molecule is CC1CC(NCCOC2CCCCC2)CCN1C. The quantitative estimate of drug-likeness (QED) is 0.763. The summed E-state index contributed by atoms with van der Waals surface area (Å²) in [6.45, 7) is 5.47. The van der Waals surface area contributed by atoms with E-state index in [1.54, 1.807) is 0 Å². The van der Waals surface area contributed by atoms with Crippen LogP contribution in [0, 0.1) is 0 Å². The summed E-state index contributed by atoms with van der Waals surface area (Å²) in [6, 6.07) is 1.42. The normalized spacial score (nSPS) is 31.7. The molecule has 0 bridgehead atoms. The Hall–Kier alpha value is -0.120. The van der Waals surface area contributed by atoms with Crippen molar-refractivity contribution in [3.63, 3.8) is 0 Å². The zero-order chi connectivity index (χ0) is 12.8. The predicted octanol–water partition coefficient (Wildman–Crippen LogP) is 2.41. The minimum absolute atomic E-state index is 0.553. The molecule has 2 rings (SSSR count). The van der Waals surface area contributed by atoms with Gasteiger partial charge in [-0.25, -0.2) is 0 Å². The molecular formula is C15H30N2O. The Morgan fingerprint density at radius 1 is 1.17 bits per heavy atom. The first-order valence-corrected chi connectivity index (χ1v) is 7.81. The molecule has 1 N–H and O–H groups in total. The van der Waals surface area contributed by atoms with Gasteiger partial charge in [0.25, 0.3) is 0 Å². The molecule has 1 aliphatic heterocycles. The molecule has 2 aliphatic rings. The molecule has 1 saturated carbocycles. The van der Waals surface area contributed by atoms with Crippen LogP contribution >= 0.6 is 0 Å². The fourth-order valence-corrected chi connectivity index (χ4v) is 3.20. The van der Waals surface area contributed by atoms with Gasteiger partial charge in [-0.3, -0.25) is 0 Å². The van der Waals surface area contributed by atoms with Crippen LogP contribution in [0.1, 0.15) is 51.9 Å². The molecule has 0 aromatic rings. The highest BCUT2D eigenvalue weighted by Gasteiger charge is 2.22. The molecular weight excluding hydrogens is 224 g/mol. The third-order valence-electron chi connectivity index (χ3n) is 4.65. The van der Waals surface area contributed by atoms with E-state index in [1.807, 2.05) is 0 Å². The fraction of sp³-hybridized carbons (Fsp3) is 1.00. The van der Waals surface area contributed by atoms with Gasteiger partial charge in [-0.05, 0) is 46.2 Å². The van der Waals surface area contributed by atoms with Gasteiger partial charge in [-0.2, -0.15) is 0 Å². The van der Waals surface area contributed by atoms with Crippen molar-refractivity contribution in [2.24, 2.45) is 0 Å². The van der Waals surface area contributed by atoms with E-state index in [0.717, 1.165) is 19.2 Å². The van der Waals surface area contributed by atoms with E-state index in [1.165, 1.54) is 51.5 Å². The monoisotopic (exact) mass is 254 g/mol. The fourth-order valence-electron chi connectivity index (χ4n) is 3.20. The van der Waals surface area contributed by atoms with Crippen molar-refractivity contribution in [3.8, 4) is 0 Å². The van der Waals surface area contributed by atoms with Crippen molar-refractivity contribution in [1.29, 1.82) is 0 Å². The molecule has 2 unspecified atom stereocenters. The number of hydrogen-bond donors (Lipinski definition) is 1. The number of hydrogen-bond acceptors (Lipinski definition) is 3. The molecule has 1 aliphatic carbocycles. The average molecular weight is 254 g/mol. The molecule has 0 radical (unpaired) electrons. The van der Waals surface area contributed by atoms with Crippen molar-refractivity contribution in [2.45, 2.75) is 70.1 Å². The lowest BCUT2D eigenvalue weighted by Crippen LogP contribution is -2.46. The van der Waals surface area contributed by atoms with Crippen molar-refractivity contribution < 1.29 is 4.74 Å². The number of nitrogens with zero attached hydrogens (tertiary/aromatic N) is 1. The highest BCUT2D eigenvalue weighted by molar-refractivity contribution is 4.81. The Labute approximate surface area is 112 Å². The van der Waals surface area contributed by atoms with Crippen LogP contribution in [0.3, 0.4) is 0 Å². The maximum absolute atomic E-state index is 5.95. The summed E-state index contributed by atoms with van der Waals surface area (Å²) in [4.78, 5) is 2.46. The van der Waals surface area contributed by atoms with Crippen molar-refractivity contribution >= 4 is 0 Å². The van der Waals surface area contributed by atoms with Gasteiger partial charge in [0.2, 0.25) is 0 Å². The molecule has 2 fully saturated rings. The van der Waals surface area contributed by atoms with Crippen LogP contribution in [0.2, 0.25) is 0 Å². The smallest absolute Gasteiger partial charge is 0.0594 e. The van der Waals surface area contributed by atoms with Crippen LogP contribution in [-0.2, 0) is 4.74 Å². The van der Waals surface area contributed by atoms with Crippen LogP contribution < -0.4 is 5.32 Å². The summed E-state index contributed by atoms with van der Waals surface area (Å²) >= 11 is 0. The zero-order valence-corrected chi connectivity index (χ0v) is 12.2. The average Bonchev–Trinajstić information content (AvgIpc) is 2.40. The van der Waals surface area contributed by atoms with E-state index < -0.39 is 0 Å². The van der Waals surface area contributed by atoms with Crippen LogP contribution in [0.15, 0.2) is 0 Å². The molecule has 1 heterocycles. The van der Waals surface area contributed by atoms with Gasteiger partial charge in [0.05, 0.1) is 12.7 Å². The van der Waals surface area contributed by atoms with Crippen molar-refractivity contribution in [1.82, 2.24) is 10.2 Å². The molecule has 3 heteroatoms. The first kappa shape index (κ1) is 14.3. The van der Waals surface area contributed by atoms with Crippen molar-refractivity contribution in [2.75, 3.05) is 26.7 Å². The van der Waals surface area contributed by atoms with Gasteiger partial charge >= 0.3 is 0 Å². The largest absolute Gasteiger partial charge is 0.377 e. The topological polar surface area (TPSA) is 24.5 Å². The van der Waals surface area contributed by atoms with Crippen LogP contribution in [0.5, 0.6) is 0 Å². The van der Waals surface area contributed by atoms with Crippen molar-refractivity contribution in [3.05, 3.63) is 0 Å². The second kappa shape index (κ2) is 7.46. The highest BCUT2D eigenvalue weighted by Crippen LogP contribution is 2.20. The molecule has 2 atom stereocenters. The molecule has 106 valence electrons. The van der Waals surface area contributed by atoms with E-state index in [4.69, 9.17) is 4.74 Å². The van der Waals surface area contributed by atoms with E-state index in [9.17, 15) is 0 Å². The Bertz CT molecular complexity index is 229. The van der Waals surface area contributed by atoms with Gasteiger partial charge in [-0.1, -0.05) is 19.3 Å². The minimum atomic E-state index is 0.553. The Morgan fingerprint density at radius 3 is 2.67 bits per heavy atom. The number of piperidine rings is 1. The van der Waals surface area contributed by atoms with E-state index in [-0.39, 0.29) is 0 Å². The maximum Gasteiger partial charge on any atom is 0.0594 e. The first-order chi connectivity index (χ1) is 8.75. The van der Waals surface area contributed by atoms with Gasteiger partial charge in [-0.15, -0.1) is 0 Å². The molecule has 0 amide bonds. The maximum atomic E-state index is 5.95. The lowest BCUT2D eigenvalue weighted by atomic mass is 9.98. The van der Waals surface area contributed by atoms with Crippen LogP contribution in [0.4, 0.5) is 0 Å². The molecule has 0 aromatic carbocycles. The second-order valence-electron chi connectivity index (χ2n) is 6.14. The molecule has 18 heavy (non-hydrogen) atoms. The highest BCUT2D eigenvalue weighted by atomic mass is 16.5. The molecule has 0 aromatic heterocycles. The third kappa shape index (κ3) is 4.52. The van der Waals surface area contributed by atoms with Crippen LogP contribution in [0.25, 0.3) is 0 Å². The van der Waals surface area contributed by atoms with E-state index in [2.05, 4.69) is 24.2 Å². The predicted molar refractivity (Wildman–Crippen MR) is 75.9 cm³/mol. The standard InChI is InChI=1S/C15H30N2O/c1-13-12-14(8-10-17(13)2)16-9-11-18-15-6-4-3-5-7-15/h13-16H,3-12H2,1-2H3. The Morgan fingerprint density at radius 2 is 1.94 bits per heavy atom. The minimum Gasteiger partial charge on any atom is -0.377 e. The van der Waals surface area contributed by atoms with Gasteiger partial charge in [0, 0.05) is 18.6 Å². The number of nitrogens with one attached hydrogen (secondary N) is 1. The number of likely N-dealkylation sites (tertiary alicyclic amines) is 1. The summed E-state index contributed by atoms with van der Waals surface area (Å²) in [5.74, 6) is 0. The zero-order valence-electron chi connectivity index (χ0n) is 12.2. The molecule has 3 nitrogen and oxygen atoms in total. The lowest BCUT2D eigenvalue weighted by Gasteiger charge is -2.35. The summed E-state index contributed by atoms with van der Waals surface area (Å²) in [6.07, 6.45) is 9.82. The summed E-state index contributed by atoms with van der Waals surface area (Å²) in [5.41, 5.74) is 0. The first-order valence-electron chi connectivity index (χ1n) is 7.81. The summed E-state index contributed by atoms with van der Waals surface area (Å²) in [7, 11) is 2.23. The summed E-state index contributed by atoms with van der Waals surface area (Å²) < 4.78 is 5.95. The summed E-state index contributed by atoms with van der Waals surface area (Å²) in [5, 5.41) is 3.66. The Balaban J connectivity index is 1.52. The van der Waals surface area contributed by atoms with E-state index in [0.29, 0.717) is 12.1 Å². The third-order valence-corrected chi connectivity index (χ3v) is 4.65. The molecule has 0 spiro atoms. The lowest BCUT2D eigenvalue weighted by molar-refractivity contribution is 0.0280. The van der Waals surface area contributed by atoms with Crippen LogP contribution in [-0.4, -0.2) is 49.8 Å². The van der Waals surface area contributed by atoms with E-state index >= 15 is 0 Å². The van der Waals surface area contributed by atoms with Gasteiger partial charge in [0.15, 0.2) is 0 Å². The number of rotatable bonds is 5. The van der Waals surface area contributed by atoms with Gasteiger partial charge < -0.3 is 15.0 Å². The van der Waals surface area contributed by atoms with Gasteiger partial charge in [0.1, 0.15) is 0 Å². The number of ether oxygens (including phenoxy) is 1. The Kier molecular flexibility index (Phi) is 5.93. The second-order valence-corrected chi connectivity index (χ2v) is 6.14. The molecule has 1 saturated heterocycles.